The SMILES string of the molecule is COc1cc(CC(=O)N2CCOc3ccccc3C2CO)ccc1C. The molecule has 5 heteroatoms. The van der Waals surface area contributed by atoms with Gasteiger partial charge in [-0.2, -0.15) is 0 Å². The Morgan fingerprint density at radius 1 is 1.32 bits per heavy atom. The highest BCUT2D eigenvalue weighted by atomic mass is 16.5. The van der Waals surface area contributed by atoms with E-state index in [-0.39, 0.29) is 18.9 Å². The molecule has 1 atom stereocenters. The van der Waals surface area contributed by atoms with Crippen LogP contribution in [0, 0.1) is 6.92 Å². The summed E-state index contributed by atoms with van der Waals surface area (Å²) in [5, 5.41) is 9.90. The average Bonchev–Trinajstić information content (AvgIpc) is 2.82. The lowest BCUT2D eigenvalue weighted by molar-refractivity contribution is -0.134. The lowest BCUT2D eigenvalue weighted by atomic mass is 10.0. The van der Waals surface area contributed by atoms with Crippen molar-refractivity contribution in [3.63, 3.8) is 0 Å². The molecule has 0 spiro atoms. The Morgan fingerprint density at radius 2 is 2.12 bits per heavy atom. The van der Waals surface area contributed by atoms with Crippen LogP contribution in [-0.2, 0) is 11.2 Å². The first kappa shape index (κ1) is 17.3. The van der Waals surface area contributed by atoms with Crippen LogP contribution in [0.2, 0.25) is 0 Å². The van der Waals surface area contributed by atoms with Gasteiger partial charge in [0.05, 0.1) is 32.7 Å². The summed E-state index contributed by atoms with van der Waals surface area (Å²) in [7, 11) is 1.62. The summed E-state index contributed by atoms with van der Waals surface area (Å²) < 4.78 is 11.1. The van der Waals surface area contributed by atoms with E-state index in [1.807, 2.05) is 49.4 Å². The standard InChI is InChI=1S/C20H23NO4/c1-14-7-8-15(11-19(14)24-2)12-20(23)21-9-10-25-18-6-4-3-5-16(18)17(21)13-22/h3-8,11,17,22H,9-10,12-13H2,1-2H3. The van der Waals surface area contributed by atoms with Gasteiger partial charge in [0.15, 0.2) is 0 Å². The molecular weight excluding hydrogens is 318 g/mol. The molecule has 2 aromatic rings. The number of rotatable bonds is 4. The first-order valence-electron chi connectivity index (χ1n) is 8.39. The van der Waals surface area contributed by atoms with Crippen LogP contribution in [0.4, 0.5) is 0 Å². The number of carbonyl (C=O) groups excluding carboxylic acids is 1. The van der Waals surface area contributed by atoms with E-state index in [0.29, 0.717) is 13.2 Å². The number of methoxy groups -OCH3 is 1. The number of aliphatic hydroxyl groups is 1. The fourth-order valence-corrected chi connectivity index (χ4v) is 3.21. The van der Waals surface area contributed by atoms with E-state index in [2.05, 4.69) is 0 Å². The molecule has 0 radical (unpaired) electrons. The van der Waals surface area contributed by atoms with E-state index in [0.717, 1.165) is 28.2 Å². The quantitative estimate of drug-likeness (QED) is 0.928. The fourth-order valence-electron chi connectivity index (χ4n) is 3.21. The van der Waals surface area contributed by atoms with Gasteiger partial charge in [-0.15, -0.1) is 0 Å². The number of fused-ring (bicyclic) bond motifs is 1. The van der Waals surface area contributed by atoms with Gasteiger partial charge in [-0.1, -0.05) is 30.3 Å². The van der Waals surface area contributed by atoms with Gasteiger partial charge in [0.1, 0.15) is 18.1 Å². The summed E-state index contributed by atoms with van der Waals surface area (Å²) in [5.74, 6) is 1.47. The van der Waals surface area contributed by atoms with Gasteiger partial charge in [-0.3, -0.25) is 4.79 Å². The predicted octanol–water partition coefficient (Wildman–Crippen LogP) is 2.50. The van der Waals surface area contributed by atoms with Crippen LogP contribution in [0.5, 0.6) is 11.5 Å². The summed E-state index contributed by atoms with van der Waals surface area (Å²) in [6.07, 6.45) is 0.259. The molecular formula is C20H23NO4. The Balaban J connectivity index is 1.83. The molecule has 2 aromatic carbocycles. The first-order valence-corrected chi connectivity index (χ1v) is 8.39. The highest BCUT2D eigenvalue weighted by molar-refractivity contribution is 5.79. The molecule has 1 aliphatic heterocycles. The molecule has 132 valence electrons. The Hall–Kier alpha value is -2.53. The molecule has 1 unspecified atom stereocenters. The monoisotopic (exact) mass is 341 g/mol. The lowest BCUT2D eigenvalue weighted by Crippen LogP contribution is -2.38. The van der Waals surface area contributed by atoms with Crippen LogP contribution in [-0.4, -0.2) is 42.8 Å². The number of aliphatic hydroxyl groups excluding tert-OH is 1. The molecule has 0 aliphatic carbocycles. The molecule has 0 bridgehead atoms. The van der Waals surface area contributed by atoms with E-state index in [1.54, 1.807) is 12.0 Å². The predicted molar refractivity (Wildman–Crippen MR) is 94.9 cm³/mol. The van der Waals surface area contributed by atoms with Gasteiger partial charge < -0.3 is 19.5 Å². The van der Waals surface area contributed by atoms with Gasteiger partial charge >= 0.3 is 0 Å². The van der Waals surface area contributed by atoms with Crippen LogP contribution in [0.1, 0.15) is 22.7 Å². The molecule has 1 aliphatic rings. The number of hydrogen-bond donors (Lipinski definition) is 1. The van der Waals surface area contributed by atoms with Crippen molar-refractivity contribution in [2.75, 3.05) is 26.9 Å². The van der Waals surface area contributed by atoms with Crippen LogP contribution in [0.3, 0.4) is 0 Å². The Kier molecular flexibility index (Phi) is 5.24. The number of aryl methyl sites for hydroxylation is 1. The summed E-state index contributed by atoms with van der Waals surface area (Å²) in [4.78, 5) is 14.6. The van der Waals surface area contributed by atoms with E-state index in [1.165, 1.54) is 0 Å². The van der Waals surface area contributed by atoms with E-state index < -0.39 is 6.04 Å². The molecule has 0 saturated heterocycles. The van der Waals surface area contributed by atoms with Crippen molar-refractivity contribution >= 4 is 5.91 Å². The summed E-state index contributed by atoms with van der Waals surface area (Å²) >= 11 is 0. The molecule has 0 fully saturated rings. The average molecular weight is 341 g/mol. The number of amides is 1. The number of hydrogen-bond acceptors (Lipinski definition) is 4. The number of para-hydroxylation sites is 1. The largest absolute Gasteiger partial charge is 0.496 e. The summed E-state index contributed by atoms with van der Waals surface area (Å²) in [5.41, 5.74) is 2.77. The van der Waals surface area contributed by atoms with Crippen molar-refractivity contribution in [1.82, 2.24) is 4.90 Å². The summed E-state index contributed by atoms with van der Waals surface area (Å²) in [6.45, 7) is 2.69. The van der Waals surface area contributed by atoms with Gasteiger partial charge in [-0.25, -0.2) is 0 Å². The normalized spacial score (nSPS) is 16.6. The third-order valence-electron chi connectivity index (χ3n) is 4.57. The zero-order valence-corrected chi connectivity index (χ0v) is 14.6. The first-order chi connectivity index (χ1) is 12.1. The van der Waals surface area contributed by atoms with Crippen molar-refractivity contribution < 1.29 is 19.4 Å². The van der Waals surface area contributed by atoms with E-state index in [9.17, 15) is 9.90 Å². The zero-order chi connectivity index (χ0) is 17.8. The topological polar surface area (TPSA) is 59.0 Å². The second-order valence-corrected chi connectivity index (χ2v) is 6.15. The van der Waals surface area contributed by atoms with Crippen LogP contribution >= 0.6 is 0 Å². The minimum atomic E-state index is -0.390. The third kappa shape index (κ3) is 3.61. The maximum atomic E-state index is 12.9. The van der Waals surface area contributed by atoms with Gasteiger partial charge in [-0.05, 0) is 30.2 Å². The van der Waals surface area contributed by atoms with Crippen molar-refractivity contribution in [2.24, 2.45) is 0 Å². The molecule has 5 nitrogen and oxygen atoms in total. The maximum Gasteiger partial charge on any atom is 0.227 e. The second kappa shape index (κ2) is 7.57. The van der Waals surface area contributed by atoms with E-state index >= 15 is 0 Å². The van der Waals surface area contributed by atoms with Crippen LogP contribution in [0.15, 0.2) is 42.5 Å². The molecule has 1 amide bonds. The van der Waals surface area contributed by atoms with Crippen molar-refractivity contribution in [3.8, 4) is 11.5 Å². The van der Waals surface area contributed by atoms with Crippen molar-refractivity contribution in [2.45, 2.75) is 19.4 Å². The van der Waals surface area contributed by atoms with E-state index in [4.69, 9.17) is 9.47 Å². The number of benzene rings is 2. The molecule has 3 rings (SSSR count). The van der Waals surface area contributed by atoms with Crippen LogP contribution in [0.25, 0.3) is 0 Å². The molecule has 0 saturated carbocycles. The lowest BCUT2D eigenvalue weighted by Gasteiger charge is -2.28. The highest BCUT2D eigenvalue weighted by Gasteiger charge is 2.29. The molecule has 1 N–H and O–H groups in total. The Bertz CT molecular complexity index is 759. The molecule has 25 heavy (non-hydrogen) atoms. The molecule has 0 aromatic heterocycles. The number of carbonyl (C=O) groups is 1. The minimum absolute atomic E-state index is 0.0368. The third-order valence-corrected chi connectivity index (χ3v) is 4.57. The Labute approximate surface area is 147 Å². The molecule has 1 heterocycles. The maximum absolute atomic E-state index is 12.9. The van der Waals surface area contributed by atoms with Crippen molar-refractivity contribution in [3.05, 3.63) is 59.2 Å². The number of nitrogens with zero attached hydrogens (tertiary/aromatic N) is 1. The second-order valence-electron chi connectivity index (χ2n) is 6.15. The summed E-state index contributed by atoms with van der Waals surface area (Å²) in [6, 6.07) is 12.9. The fraction of sp³-hybridized carbons (Fsp3) is 0.350. The Morgan fingerprint density at radius 3 is 2.88 bits per heavy atom. The highest BCUT2D eigenvalue weighted by Crippen LogP contribution is 2.32. The van der Waals surface area contributed by atoms with Gasteiger partial charge in [0.2, 0.25) is 5.91 Å². The minimum Gasteiger partial charge on any atom is -0.496 e. The number of ether oxygens (including phenoxy) is 2. The van der Waals surface area contributed by atoms with Crippen molar-refractivity contribution in [1.29, 1.82) is 0 Å². The van der Waals surface area contributed by atoms with Crippen LogP contribution < -0.4 is 9.47 Å². The smallest absolute Gasteiger partial charge is 0.227 e. The van der Waals surface area contributed by atoms with Gasteiger partial charge in [0, 0.05) is 5.56 Å². The zero-order valence-electron chi connectivity index (χ0n) is 14.6. The van der Waals surface area contributed by atoms with Gasteiger partial charge in [0.25, 0.3) is 0 Å².